The number of ether oxygens (including phenoxy) is 1. The molecule has 0 bridgehead atoms. The van der Waals surface area contributed by atoms with Crippen LogP contribution in [-0.4, -0.2) is 48.7 Å². The first-order valence-electron chi connectivity index (χ1n) is 9.40. The van der Waals surface area contributed by atoms with E-state index in [0.717, 1.165) is 35.0 Å². The molecule has 1 N–H and O–H groups in total. The maximum Gasteiger partial charge on any atom is 0.330 e. The standard InChI is InChI=1S/C19H28N4O5S/c1-5-23(6-2)11-12-28-16-10-8-7-9-15(16)13-20-29(26,27)17-14-21(3)19(25)22(4)18(17)24/h7-10,14,20H,5-6,11-13H2,1-4H3. The van der Waals surface area contributed by atoms with Gasteiger partial charge in [0.25, 0.3) is 5.56 Å². The van der Waals surface area contributed by atoms with Gasteiger partial charge in [0.2, 0.25) is 10.0 Å². The van der Waals surface area contributed by atoms with Crippen molar-refractivity contribution in [3.05, 3.63) is 56.9 Å². The molecule has 0 unspecified atom stereocenters. The second-order valence-electron chi connectivity index (χ2n) is 6.56. The lowest BCUT2D eigenvalue weighted by molar-refractivity contribution is 0.221. The molecule has 0 aliphatic rings. The normalized spacial score (nSPS) is 11.8. The van der Waals surface area contributed by atoms with E-state index < -0.39 is 26.2 Å². The molecule has 9 nitrogen and oxygen atoms in total. The summed E-state index contributed by atoms with van der Waals surface area (Å²) in [6.07, 6.45) is 1.03. The van der Waals surface area contributed by atoms with Gasteiger partial charge in [-0.05, 0) is 19.2 Å². The second kappa shape index (κ2) is 9.86. The van der Waals surface area contributed by atoms with E-state index in [4.69, 9.17) is 4.74 Å². The summed E-state index contributed by atoms with van der Waals surface area (Å²) in [5, 5.41) is 0. The van der Waals surface area contributed by atoms with Gasteiger partial charge in [-0.3, -0.25) is 9.36 Å². The maximum atomic E-state index is 12.6. The highest BCUT2D eigenvalue weighted by molar-refractivity contribution is 7.89. The van der Waals surface area contributed by atoms with Gasteiger partial charge in [-0.25, -0.2) is 17.9 Å². The van der Waals surface area contributed by atoms with Crippen molar-refractivity contribution < 1.29 is 13.2 Å². The van der Waals surface area contributed by atoms with E-state index >= 15 is 0 Å². The zero-order valence-electron chi connectivity index (χ0n) is 17.2. The summed E-state index contributed by atoms with van der Waals surface area (Å²) in [5.41, 5.74) is -0.817. The molecule has 160 valence electrons. The van der Waals surface area contributed by atoms with E-state index in [1.54, 1.807) is 18.2 Å². The molecule has 10 heteroatoms. The van der Waals surface area contributed by atoms with Crippen LogP contribution in [0, 0.1) is 0 Å². The van der Waals surface area contributed by atoms with Crippen LogP contribution in [0.1, 0.15) is 19.4 Å². The smallest absolute Gasteiger partial charge is 0.330 e. The first-order valence-corrected chi connectivity index (χ1v) is 10.9. The molecular weight excluding hydrogens is 396 g/mol. The highest BCUT2D eigenvalue weighted by atomic mass is 32.2. The summed E-state index contributed by atoms with van der Waals surface area (Å²) in [7, 11) is -1.49. The Bertz CT molecular complexity index is 1050. The maximum absolute atomic E-state index is 12.6. The van der Waals surface area contributed by atoms with Crippen LogP contribution < -0.4 is 20.7 Å². The predicted octanol–water partition coefficient (Wildman–Crippen LogP) is 0.283. The van der Waals surface area contributed by atoms with Gasteiger partial charge in [0.15, 0.2) is 4.90 Å². The number of likely N-dealkylation sites (N-methyl/N-ethyl adjacent to an activating group) is 1. The van der Waals surface area contributed by atoms with Gasteiger partial charge < -0.3 is 14.2 Å². The SMILES string of the molecule is CCN(CC)CCOc1ccccc1CNS(=O)(=O)c1cn(C)c(=O)n(C)c1=O. The Hall–Kier alpha value is -2.43. The number of sulfonamides is 1. The molecular formula is C19H28N4O5S. The summed E-state index contributed by atoms with van der Waals surface area (Å²) < 4.78 is 35.4. The molecule has 2 rings (SSSR count). The number of aromatic nitrogens is 2. The third-order valence-electron chi connectivity index (χ3n) is 4.69. The van der Waals surface area contributed by atoms with Crippen molar-refractivity contribution in [1.82, 2.24) is 18.8 Å². The summed E-state index contributed by atoms with van der Waals surface area (Å²) in [4.78, 5) is 25.7. The van der Waals surface area contributed by atoms with E-state index in [1.165, 1.54) is 14.1 Å². The molecule has 0 aliphatic carbocycles. The predicted molar refractivity (Wildman–Crippen MR) is 111 cm³/mol. The fraction of sp³-hybridized carbons (Fsp3) is 0.474. The van der Waals surface area contributed by atoms with Crippen molar-refractivity contribution in [1.29, 1.82) is 0 Å². The molecule has 0 aliphatic heterocycles. The van der Waals surface area contributed by atoms with Crippen molar-refractivity contribution in [2.75, 3.05) is 26.2 Å². The van der Waals surface area contributed by atoms with Crippen molar-refractivity contribution in [3.63, 3.8) is 0 Å². The van der Waals surface area contributed by atoms with Crippen LogP contribution in [-0.2, 0) is 30.7 Å². The van der Waals surface area contributed by atoms with Crippen molar-refractivity contribution in [2.45, 2.75) is 25.3 Å². The van der Waals surface area contributed by atoms with Gasteiger partial charge in [0.1, 0.15) is 12.4 Å². The van der Waals surface area contributed by atoms with Gasteiger partial charge in [-0.15, -0.1) is 0 Å². The number of hydrogen-bond acceptors (Lipinski definition) is 6. The number of para-hydroxylation sites is 1. The third-order valence-corrected chi connectivity index (χ3v) is 6.07. The fourth-order valence-electron chi connectivity index (χ4n) is 2.83. The van der Waals surface area contributed by atoms with E-state index in [9.17, 15) is 18.0 Å². The monoisotopic (exact) mass is 424 g/mol. The average molecular weight is 425 g/mol. The summed E-state index contributed by atoms with van der Waals surface area (Å²) in [5.74, 6) is 0.579. The van der Waals surface area contributed by atoms with E-state index in [2.05, 4.69) is 23.5 Å². The molecule has 0 radical (unpaired) electrons. The zero-order chi connectivity index (χ0) is 21.6. The molecule has 0 amide bonds. The number of rotatable bonds is 10. The molecule has 0 saturated carbocycles. The highest BCUT2D eigenvalue weighted by Gasteiger charge is 2.21. The summed E-state index contributed by atoms with van der Waals surface area (Å²) in [6.45, 7) is 7.21. The van der Waals surface area contributed by atoms with Crippen LogP contribution in [0.4, 0.5) is 0 Å². The molecule has 1 aromatic carbocycles. The van der Waals surface area contributed by atoms with E-state index in [0.29, 0.717) is 17.9 Å². The average Bonchev–Trinajstić information content (AvgIpc) is 2.71. The molecule has 1 aromatic heterocycles. The number of aryl methyl sites for hydroxylation is 1. The number of benzene rings is 1. The Balaban J connectivity index is 2.16. The summed E-state index contributed by atoms with van der Waals surface area (Å²) >= 11 is 0. The van der Waals surface area contributed by atoms with Crippen LogP contribution in [0.3, 0.4) is 0 Å². The second-order valence-corrected chi connectivity index (χ2v) is 8.29. The van der Waals surface area contributed by atoms with Crippen molar-refractivity contribution >= 4 is 10.0 Å². The minimum Gasteiger partial charge on any atom is -0.492 e. The van der Waals surface area contributed by atoms with Gasteiger partial charge in [0, 0.05) is 38.9 Å². The Morgan fingerprint density at radius 3 is 2.41 bits per heavy atom. The van der Waals surface area contributed by atoms with E-state index in [1.807, 2.05) is 6.07 Å². The lowest BCUT2D eigenvalue weighted by Crippen LogP contribution is -2.41. The van der Waals surface area contributed by atoms with Gasteiger partial charge in [0.05, 0.1) is 0 Å². The Morgan fingerprint density at radius 1 is 1.10 bits per heavy atom. The van der Waals surface area contributed by atoms with E-state index in [-0.39, 0.29) is 6.54 Å². The van der Waals surface area contributed by atoms with Gasteiger partial charge in [-0.2, -0.15) is 0 Å². The van der Waals surface area contributed by atoms with Crippen molar-refractivity contribution in [2.24, 2.45) is 14.1 Å². The number of nitrogens with one attached hydrogen (secondary N) is 1. The Morgan fingerprint density at radius 2 is 1.76 bits per heavy atom. The first-order chi connectivity index (χ1) is 13.7. The first kappa shape index (κ1) is 22.9. The van der Waals surface area contributed by atoms with Gasteiger partial charge >= 0.3 is 5.69 Å². The van der Waals surface area contributed by atoms with Crippen LogP contribution in [0.5, 0.6) is 5.75 Å². The lowest BCUT2D eigenvalue weighted by atomic mass is 10.2. The van der Waals surface area contributed by atoms with Crippen LogP contribution >= 0.6 is 0 Å². The molecule has 0 atom stereocenters. The Kier molecular flexibility index (Phi) is 7.77. The Labute approximate surface area is 170 Å². The lowest BCUT2D eigenvalue weighted by Gasteiger charge is -2.19. The molecule has 29 heavy (non-hydrogen) atoms. The largest absolute Gasteiger partial charge is 0.492 e. The minimum atomic E-state index is -4.12. The van der Waals surface area contributed by atoms with Crippen molar-refractivity contribution in [3.8, 4) is 5.75 Å². The minimum absolute atomic E-state index is 0.0459. The van der Waals surface area contributed by atoms with Crippen LogP contribution in [0.2, 0.25) is 0 Å². The third kappa shape index (κ3) is 5.55. The molecule has 0 spiro atoms. The van der Waals surface area contributed by atoms with Gasteiger partial charge in [-0.1, -0.05) is 32.0 Å². The fourth-order valence-corrected chi connectivity index (χ4v) is 3.99. The quantitative estimate of drug-likeness (QED) is 0.588. The summed E-state index contributed by atoms with van der Waals surface area (Å²) in [6, 6.07) is 7.13. The molecule has 2 aromatic rings. The molecule has 1 heterocycles. The topological polar surface area (TPSA) is 103 Å². The number of nitrogens with zero attached hydrogens (tertiary/aromatic N) is 3. The molecule has 0 saturated heterocycles. The van der Waals surface area contributed by atoms with Crippen LogP contribution in [0.25, 0.3) is 0 Å². The number of hydrogen-bond donors (Lipinski definition) is 1. The highest BCUT2D eigenvalue weighted by Crippen LogP contribution is 2.18. The van der Waals surface area contributed by atoms with Crippen LogP contribution in [0.15, 0.2) is 44.9 Å². The molecule has 0 fully saturated rings. The zero-order valence-corrected chi connectivity index (χ0v) is 18.0.